The molecule has 0 amide bonds. The molecule has 0 bridgehead atoms. The molecule has 0 fully saturated rings. The van der Waals surface area contributed by atoms with Gasteiger partial charge in [0, 0.05) is 6.42 Å². The van der Waals surface area contributed by atoms with Crippen molar-refractivity contribution in [3.8, 4) is 0 Å². The number of nitrogens with zero attached hydrogens (tertiary/aromatic N) is 2. The Bertz CT molecular complexity index is 427. The number of halogens is 2. The van der Waals surface area contributed by atoms with Gasteiger partial charge in [-0.25, -0.2) is 9.37 Å². The predicted octanol–water partition coefficient (Wildman–Crippen LogP) is 3.03. The van der Waals surface area contributed by atoms with Crippen LogP contribution in [0.1, 0.15) is 11.4 Å². The van der Waals surface area contributed by atoms with Crippen molar-refractivity contribution in [2.24, 2.45) is 0 Å². The van der Waals surface area contributed by atoms with Gasteiger partial charge >= 0.3 is 0 Å². The van der Waals surface area contributed by atoms with E-state index in [9.17, 15) is 4.39 Å². The molecule has 1 aromatic heterocycles. The highest BCUT2D eigenvalue weighted by molar-refractivity contribution is 9.11. The molecule has 0 aliphatic heterocycles. The highest BCUT2D eigenvalue weighted by atomic mass is 79.9. The van der Waals surface area contributed by atoms with E-state index in [0.29, 0.717) is 6.42 Å². The van der Waals surface area contributed by atoms with Gasteiger partial charge in [0.2, 0.25) is 0 Å². The molecule has 0 aliphatic rings. The van der Waals surface area contributed by atoms with Crippen molar-refractivity contribution < 1.29 is 4.39 Å². The minimum Gasteiger partial charge on any atom is -0.212 e. The second-order valence-corrected chi connectivity index (χ2v) is 4.79. The maximum absolute atomic E-state index is 12.6. The molecule has 2 aromatic rings. The summed E-state index contributed by atoms with van der Waals surface area (Å²) in [6, 6.07) is 6.36. The Morgan fingerprint density at radius 3 is 2.57 bits per heavy atom. The molecule has 2 nitrogen and oxygen atoms in total. The fraction of sp³-hybridized carbons (Fsp3) is 0.111. The van der Waals surface area contributed by atoms with Gasteiger partial charge < -0.3 is 0 Å². The molecular weight excluding hydrogens is 267 g/mol. The first kappa shape index (κ1) is 9.73. The van der Waals surface area contributed by atoms with E-state index < -0.39 is 0 Å². The van der Waals surface area contributed by atoms with Crippen molar-refractivity contribution in [3.05, 3.63) is 45.4 Å². The van der Waals surface area contributed by atoms with Crippen LogP contribution in [0.15, 0.2) is 28.2 Å². The van der Waals surface area contributed by atoms with E-state index in [4.69, 9.17) is 0 Å². The van der Waals surface area contributed by atoms with Crippen molar-refractivity contribution in [3.63, 3.8) is 0 Å². The van der Waals surface area contributed by atoms with Crippen LogP contribution in [0.25, 0.3) is 0 Å². The Kier molecular flexibility index (Phi) is 2.88. The summed E-state index contributed by atoms with van der Waals surface area (Å²) in [5.41, 5.74) is 1.01. The van der Waals surface area contributed by atoms with Gasteiger partial charge in [0.25, 0.3) is 0 Å². The Hall–Kier alpha value is -0.810. The lowest BCUT2D eigenvalue weighted by atomic mass is 10.1. The molecule has 0 saturated heterocycles. The van der Waals surface area contributed by atoms with Crippen LogP contribution in [0.4, 0.5) is 4.39 Å². The second kappa shape index (κ2) is 4.14. The number of rotatable bonds is 2. The van der Waals surface area contributed by atoms with Gasteiger partial charge in [0.05, 0.1) is 0 Å². The quantitative estimate of drug-likeness (QED) is 0.840. The lowest BCUT2D eigenvalue weighted by molar-refractivity contribution is 0.627. The molecular formula is C9H6BrFN2S. The second-order valence-electron chi connectivity index (χ2n) is 2.77. The Balaban J connectivity index is 2.15. The summed E-state index contributed by atoms with van der Waals surface area (Å²) < 4.78 is 17.5. The van der Waals surface area contributed by atoms with Crippen molar-refractivity contribution >= 4 is 27.5 Å². The SMILES string of the molecule is Fc1ccc(Cc2nsc(Br)n2)cc1. The highest BCUT2D eigenvalue weighted by Crippen LogP contribution is 2.14. The number of benzene rings is 1. The maximum Gasteiger partial charge on any atom is 0.179 e. The highest BCUT2D eigenvalue weighted by Gasteiger charge is 2.02. The monoisotopic (exact) mass is 272 g/mol. The summed E-state index contributed by atoms with van der Waals surface area (Å²) >= 11 is 4.55. The minimum atomic E-state index is -0.221. The third-order valence-electron chi connectivity index (χ3n) is 1.72. The first-order valence-electron chi connectivity index (χ1n) is 3.96. The fourth-order valence-electron chi connectivity index (χ4n) is 1.09. The fourth-order valence-corrected chi connectivity index (χ4v) is 1.94. The number of hydrogen-bond donors (Lipinski definition) is 0. The molecule has 14 heavy (non-hydrogen) atoms. The average molecular weight is 273 g/mol. The van der Waals surface area contributed by atoms with Crippen LogP contribution < -0.4 is 0 Å². The minimum absolute atomic E-state index is 0.221. The number of hydrogen-bond acceptors (Lipinski definition) is 3. The topological polar surface area (TPSA) is 25.8 Å². The Morgan fingerprint density at radius 1 is 1.29 bits per heavy atom. The molecule has 0 N–H and O–H groups in total. The summed E-state index contributed by atoms with van der Waals surface area (Å²) in [7, 11) is 0. The van der Waals surface area contributed by atoms with E-state index in [0.717, 1.165) is 15.3 Å². The molecule has 2 rings (SSSR count). The van der Waals surface area contributed by atoms with Crippen LogP contribution in [0.5, 0.6) is 0 Å². The first-order chi connectivity index (χ1) is 6.74. The maximum atomic E-state index is 12.6. The lowest BCUT2D eigenvalue weighted by Gasteiger charge is -1.95. The Labute approximate surface area is 93.1 Å². The van der Waals surface area contributed by atoms with Crippen LogP contribution in [0.2, 0.25) is 0 Å². The summed E-state index contributed by atoms with van der Waals surface area (Å²) in [5, 5.41) is 0. The zero-order valence-electron chi connectivity index (χ0n) is 7.08. The zero-order valence-corrected chi connectivity index (χ0v) is 9.48. The Morgan fingerprint density at radius 2 is 2.00 bits per heavy atom. The molecule has 0 spiro atoms. The van der Waals surface area contributed by atoms with E-state index in [1.807, 2.05) is 0 Å². The molecule has 1 heterocycles. The predicted molar refractivity (Wildman–Crippen MR) is 56.8 cm³/mol. The van der Waals surface area contributed by atoms with Crippen molar-refractivity contribution in [1.82, 2.24) is 9.36 Å². The van der Waals surface area contributed by atoms with Crippen LogP contribution in [-0.4, -0.2) is 9.36 Å². The molecule has 0 radical (unpaired) electrons. The molecule has 0 aliphatic carbocycles. The van der Waals surface area contributed by atoms with Crippen LogP contribution in [-0.2, 0) is 6.42 Å². The van der Waals surface area contributed by atoms with E-state index in [1.54, 1.807) is 12.1 Å². The van der Waals surface area contributed by atoms with E-state index in [1.165, 1.54) is 23.7 Å². The van der Waals surface area contributed by atoms with Crippen LogP contribution >= 0.6 is 27.5 Å². The standard InChI is InChI=1S/C9H6BrFN2S/c10-9-12-8(13-14-9)5-6-1-3-7(11)4-2-6/h1-4H,5H2. The van der Waals surface area contributed by atoms with Gasteiger partial charge in [-0.2, -0.15) is 4.37 Å². The molecule has 0 saturated carbocycles. The smallest absolute Gasteiger partial charge is 0.179 e. The van der Waals surface area contributed by atoms with Crippen molar-refractivity contribution in [2.45, 2.75) is 6.42 Å². The van der Waals surface area contributed by atoms with Crippen LogP contribution in [0, 0.1) is 5.82 Å². The summed E-state index contributed by atoms with van der Waals surface area (Å²) in [6.45, 7) is 0. The third-order valence-corrected chi connectivity index (χ3v) is 2.87. The summed E-state index contributed by atoms with van der Waals surface area (Å²) in [6.07, 6.45) is 0.641. The van der Waals surface area contributed by atoms with Crippen molar-refractivity contribution in [1.29, 1.82) is 0 Å². The van der Waals surface area contributed by atoms with Gasteiger partial charge in [-0.1, -0.05) is 12.1 Å². The van der Waals surface area contributed by atoms with E-state index in [-0.39, 0.29) is 5.82 Å². The summed E-state index contributed by atoms with van der Waals surface area (Å²) in [4.78, 5) is 4.16. The van der Waals surface area contributed by atoms with Gasteiger partial charge in [0.15, 0.2) is 3.92 Å². The molecule has 1 aromatic carbocycles. The zero-order chi connectivity index (χ0) is 9.97. The van der Waals surface area contributed by atoms with Gasteiger partial charge in [-0.15, -0.1) is 0 Å². The first-order valence-corrected chi connectivity index (χ1v) is 5.53. The normalized spacial score (nSPS) is 10.4. The van der Waals surface area contributed by atoms with Gasteiger partial charge in [-0.3, -0.25) is 0 Å². The van der Waals surface area contributed by atoms with Gasteiger partial charge in [0.1, 0.15) is 11.6 Å². The lowest BCUT2D eigenvalue weighted by Crippen LogP contribution is -1.90. The van der Waals surface area contributed by atoms with Crippen LogP contribution in [0.3, 0.4) is 0 Å². The van der Waals surface area contributed by atoms with E-state index >= 15 is 0 Å². The van der Waals surface area contributed by atoms with Gasteiger partial charge in [-0.05, 0) is 45.2 Å². The summed E-state index contributed by atoms with van der Waals surface area (Å²) in [5.74, 6) is 0.537. The average Bonchev–Trinajstić information content (AvgIpc) is 2.56. The van der Waals surface area contributed by atoms with E-state index in [2.05, 4.69) is 25.3 Å². The van der Waals surface area contributed by atoms with Crippen molar-refractivity contribution in [2.75, 3.05) is 0 Å². The molecule has 72 valence electrons. The third kappa shape index (κ3) is 2.36. The largest absolute Gasteiger partial charge is 0.212 e. The molecule has 0 atom stereocenters. The molecule has 5 heteroatoms. The molecule has 0 unspecified atom stereocenters. The number of aromatic nitrogens is 2.